The molecule has 1 unspecified atom stereocenters. The third kappa shape index (κ3) is 2.62. The molecule has 1 N–H and O–H groups in total. The molecule has 88 valence electrons. The van der Waals surface area contributed by atoms with Gasteiger partial charge in [0.05, 0.1) is 19.0 Å². The van der Waals surface area contributed by atoms with Crippen LogP contribution in [-0.2, 0) is 16.1 Å². The largest absolute Gasteiger partial charge is 0.478 e. The summed E-state index contributed by atoms with van der Waals surface area (Å²) in [5.74, 6) is -0.644. The van der Waals surface area contributed by atoms with Crippen LogP contribution in [0.25, 0.3) is 0 Å². The molecule has 0 saturated carbocycles. The number of hydrogen-bond donors (Lipinski definition) is 1. The summed E-state index contributed by atoms with van der Waals surface area (Å²) in [7, 11) is 0. The van der Waals surface area contributed by atoms with Crippen LogP contribution in [0.15, 0.2) is 16.7 Å². The molecule has 1 aromatic heterocycles. The number of carbonyl (C=O) groups is 1. The van der Waals surface area contributed by atoms with Crippen LogP contribution in [-0.4, -0.2) is 30.4 Å². The van der Waals surface area contributed by atoms with E-state index < -0.39 is 5.97 Å². The number of furan rings is 1. The Hall–Kier alpha value is -1.33. The molecular weight excluding hydrogens is 212 g/mol. The Labute approximate surface area is 93.0 Å². The summed E-state index contributed by atoms with van der Waals surface area (Å²) in [6.07, 6.45) is 3.57. The van der Waals surface area contributed by atoms with E-state index in [4.69, 9.17) is 19.0 Å². The highest BCUT2D eigenvalue weighted by molar-refractivity contribution is 5.88. The fourth-order valence-corrected chi connectivity index (χ4v) is 1.70. The van der Waals surface area contributed by atoms with Crippen molar-refractivity contribution in [2.75, 3.05) is 13.2 Å². The van der Waals surface area contributed by atoms with Gasteiger partial charge in [0.25, 0.3) is 0 Å². The number of carboxylic acid groups (broad SMARTS) is 1. The summed E-state index contributed by atoms with van der Waals surface area (Å²) < 4.78 is 15.8. The Morgan fingerprint density at radius 1 is 1.62 bits per heavy atom. The molecule has 2 heterocycles. The standard InChI is InChI=1S/C11H14O5/c12-11(13)9-3-5-16-10(9)7-14-6-8-2-1-4-15-8/h3,5,8H,1-2,4,6-7H2,(H,12,13). The lowest BCUT2D eigenvalue weighted by molar-refractivity contribution is 0.00541. The fraction of sp³-hybridized carbons (Fsp3) is 0.545. The highest BCUT2D eigenvalue weighted by atomic mass is 16.5. The van der Waals surface area contributed by atoms with E-state index in [9.17, 15) is 4.79 Å². The Kier molecular flexibility index (Phi) is 3.58. The van der Waals surface area contributed by atoms with Crippen molar-refractivity contribution < 1.29 is 23.8 Å². The summed E-state index contributed by atoms with van der Waals surface area (Å²) in [6.45, 7) is 1.45. The average molecular weight is 226 g/mol. The van der Waals surface area contributed by atoms with Crippen LogP contribution in [0, 0.1) is 0 Å². The average Bonchev–Trinajstić information content (AvgIpc) is 2.87. The molecule has 16 heavy (non-hydrogen) atoms. The summed E-state index contributed by atoms with van der Waals surface area (Å²) in [5, 5.41) is 8.83. The SMILES string of the molecule is O=C(O)c1ccoc1COCC1CCCO1. The van der Waals surface area contributed by atoms with Gasteiger partial charge in [0.2, 0.25) is 0 Å². The Morgan fingerprint density at radius 2 is 2.50 bits per heavy atom. The fourth-order valence-electron chi connectivity index (χ4n) is 1.70. The van der Waals surface area contributed by atoms with E-state index in [1.54, 1.807) is 0 Å². The predicted octanol–water partition coefficient (Wildman–Crippen LogP) is 1.67. The van der Waals surface area contributed by atoms with Crippen molar-refractivity contribution in [2.45, 2.75) is 25.6 Å². The van der Waals surface area contributed by atoms with E-state index in [0.717, 1.165) is 19.4 Å². The molecule has 1 saturated heterocycles. The maximum Gasteiger partial charge on any atom is 0.339 e. The van der Waals surface area contributed by atoms with Crippen LogP contribution in [0.2, 0.25) is 0 Å². The van der Waals surface area contributed by atoms with E-state index in [1.165, 1.54) is 12.3 Å². The zero-order valence-electron chi connectivity index (χ0n) is 8.85. The van der Waals surface area contributed by atoms with Gasteiger partial charge in [0, 0.05) is 6.61 Å². The molecule has 0 bridgehead atoms. The topological polar surface area (TPSA) is 68.9 Å². The molecule has 1 aliphatic heterocycles. The molecule has 0 radical (unpaired) electrons. The zero-order valence-corrected chi connectivity index (χ0v) is 8.85. The van der Waals surface area contributed by atoms with Crippen LogP contribution >= 0.6 is 0 Å². The van der Waals surface area contributed by atoms with Crippen LogP contribution < -0.4 is 0 Å². The van der Waals surface area contributed by atoms with Crippen molar-refractivity contribution in [3.05, 3.63) is 23.7 Å². The molecule has 1 aromatic rings. The Balaban J connectivity index is 1.80. The van der Waals surface area contributed by atoms with Gasteiger partial charge in [-0.05, 0) is 18.9 Å². The van der Waals surface area contributed by atoms with E-state index >= 15 is 0 Å². The number of hydrogen-bond acceptors (Lipinski definition) is 4. The van der Waals surface area contributed by atoms with Gasteiger partial charge in [-0.1, -0.05) is 0 Å². The normalized spacial score (nSPS) is 20.1. The van der Waals surface area contributed by atoms with Crippen LogP contribution in [0.4, 0.5) is 0 Å². The maximum absolute atomic E-state index is 10.8. The monoisotopic (exact) mass is 226 g/mol. The summed E-state index contributed by atoms with van der Waals surface area (Å²) in [6, 6.07) is 1.42. The Morgan fingerprint density at radius 3 is 3.19 bits per heavy atom. The zero-order chi connectivity index (χ0) is 11.4. The molecule has 0 amide bonds. The minimum Gasteiger partial charge on any atom is -0.478 e. The van der Waals surface area contributed by atoms with Crippen molar-refractivity contribution in [1.82, 2.24) is 0 Å². The molecule has 1 aliphatic rings. The van der Waals surface area contributed by atoms with Gasteiger partial charge >= 0.3 is 5.97 Å². The lowest BCUT2D eigenvalue weighted by Gasteiger charge is -2.09. The Bertz CT molecular complexity index is 351. The van der Waals surface area contributed by atoms with Crippen molar-refractivity contribution >= 4 is 5.97 Å². The quantitative estimate of drug-likeness (QED) is 0.827. The lowest BCUT2D eigenvalue weighted by atomic mass is 10.2. The van der Waals surface area contributed by atoms with Gasteiger partial charge < -0.3 is 19.0 Å². The molecule has 0 aliphatic carbocycles. The number of ether oxygens (including phenoxy) is 2. The molecule has 5 nitrogen and oxygen atoms in total. The van der Waals surface area contributed by atoms with Gasteiger partial charge in [-0.15, -0.1) is 0 Å². The highest BCUT2D eigenvalue weighted by Gasteiger charge is 2.17. The molecule has 5 heteroatoms. The van der Waals surface area contributed by atoms with E-state index in [-0.39, 0.29) is 18.3 Å². The van der Waals surface area contributed by atoms with Crippen molar-refractivity contribution in [3.63, 3.8) is 0 Å². The number of aromatic carboxylic acids is 1. The van der Waals surface area contributed by atoms with E-state index in [0.29, 0.717) is 12.4 Å². The minimum absolute atomic E-state index is 0.142. The second-order valence-electron chi connectivity index (χ2n) is 3.71. The van der Waals surface area contributed by atoms with Crippen molar-refractivity contribution in [3.8, 4) is 0 Å². The van der Waals surface area contributed by atoms with Crippen molar-refractivity contribution in [1.29, 1.82) is 0 Å². The minimum atomic E-state index is -0.996. The van der Waals surface area contributed by atoms with Gasteiger partial charge in [0.15, 0.2) is 0 Å². The number of rotatable bonds is 5. The van der Waals surface area contributed by atoms with E-state index in [2.05, 4.69) is 0 Å². The first-order valence-electron chi connectivity index (χ1n) is 5.26. The van der Waals surface area contributed by atoms with Gasteiger partial charge in [-0.2, -0.15) is 0 Å². The van der Waals surface area contributed by atoms with Crippen LogP contribution in [0.3, 0.4) is 0 Å². The van der Waals surface area contributed by atoms with Crippen molar-refractivity contribution in [2.24, 2.45) is 0 Å². The molecule has 2 rings (SSSR count). The van der Waals surface area contributed by atoms with Gasteiger partial charge in [-0.3, -0.25) is 0 Å². The predicted molar refractivity (Wildman–Crippen MR) is 54.3 cm³/mol. The summed E-state index contributed by atoms with van der Waals surface area (Å²) in [4.78, 5) is 10.8. The lowest BCUT2D eigenvalue weighted by Crippen LogP contribution is -2.14. The van der Waals surface area contributed by atoms with Crippen LogP contribution in [0.5, 0.6) is 0 Å². The van der Waals surface area contributed by atoms with Crippen LogP contribution in [0.1, 0.15) is 29.0 Å². The second kappa shape index (κ2) is 5.14. The summed E-state index contributed by atoms with van der Waals surface area (Å²) in [5.41, 5.74) is 0.160. The maximum atomic E-state index is 10.8. The smallest absolute Gasteiger partial charge is 0.339 e. The first kappa shape index (κ1) is 11.2. The molecule has 0 aromatic carbocycles. The molecule has 1 fully saturated rings. The first-order chi connectivity index (χ1) is 7.77. The van der Waals surface area contributed by atoms with Gasteiger partial charge in [0.1, 0.15) is 17.9 Å². The molecular formula is C11H14O5. The number of carboxylic acids is 1. The molecule has 1 atom stereocenters. The first-order valence-corrected chi connectivity index (χ1v) is 5.26. The highest BCUT2D eigenvalue weighted by Crippen LogP contribution is 2.15. The molecule has 0 spiro atoms. The van der Waals surface area contributed by atoms with Gasteiger partial charge in [-0.25, -0.2) is 4.79 Å². The third-order valence-corrected chi connectivity index (χ3v) is 2.54. The summed E-state index contributed by atoms with van der Waals surface area (Å²) >= 11 is 0. The second-order valence-corrected chi connectivity index (χ2v) is 3.71. The van der Waals surface area contributed by atoms with E-state index in [1.807, 2.05) is 0 Å². The third-order valence-electron chi connectivity index (χ3n) is 2.54.